The maximum absolute atomic E-state index is 12.0. The molecule has 3 rings (SSSR count). The summed E-state index contributed by atoms with van der Waals surface area (Å²) in [6, 6.07) is 5.59. The monoisotopic (exact) mass is 305 g/mol. The molecule has 0 amide bonds. The first-order chi connectivity index (χ1) is 8.74. The van der Waals surface area contributed by atoms with Crippen LogP contribution in [0.15, 0.2) is 22.7 Å². The predicted octanol–water partition coefficient (Wildman–Crippen LogP) is 4.58. The van der Waals surface area contributed by atoms with Gasteiger partial charge in [0.25, 0.3) is 5.88 Å². The first-order valence-electron chi connectivity index (χ1n) is 6.38. The number of nitrogens with zero attached hydrogens (tertiary/aromatic N) is 2. The summed E-state index contributed by atoms with van der Waals surface area (Å²) < 4.78 is 0.890. The molecule has 1 aromatic carbocycles. The van der Waals surface area contributed by atoms with Gasteiger partial charge in [-0.25, -0.2) is 4.98 Å². The number of fused-ring (bicyclic) bond motifs is 1. The Labute approximate surface area is 114 Å². The van der Waals surface area contributed by atoms with Gasteiger partial charge in [0.2, 0.25) is 0 Å². The van der Waals surface area contributed by atoms with E-state index in [2.05, 4.69) is 25.9 Å². The number of halogens is 1. The third-order valence-electron chi connectivity index (χ3n) is 3.61. The van der Waals surface area contributed by atoms with E-state index in [0.717, 1.165) is 28.7 Å². The smallest absolute Gasteiger partial charge is 0.267 e. The average molecular weight is 306 g/mol. The minimum absolute atomic E-state index is 0.151. The van der Waals surface area contributed by atoms with Gasteiger partial charge < -0.3 is 0 Å². The minimum atomic E-state index is -0.151. The van der Waals surface area contributed by atoms with E-state index in [4.69, 9.17) is 0 Å². The second kappa shape index (κ2) is 4.84. The molecule has 1 aliphatic carbocycles. The number of hydrogen-bond acceptors (Lipinski definition) is 2. The quantitative estimate of drug-likeness (QED) is 0.774. The topological polar surface area (TPSA) is 45.7 Å². The Kier molecular flexibility index (Phi) is 3.20. The molecule has 0 bridgehead atoms. The highest BCUT2D eigenvalue weighted by Crippen LogP contribution is 2.33. The van der Waals surface area contributed by atoms with Gasteiger partial charge in [-0.2, -0.15) is 4.98 Å². The second-order valence-electron chi connectivity index (χ2n) is 4.88. The molecule has 93 valence electrons. The van der Waals surface area contributed by atoms with Gasteiger partial charge in [0.1, 0.15) is 5.82 Å². The summed E-state index contributed by atoms with van der Waals surface area (Å²) in [7, 11) is 0. The number of benzene rings is 1. The van der Waals surface area contributed by atoms with Gasteiger partial charge in [-0.15, -0.1) is 0 Å². The van der Waals surface area contributed by atoms with Crippen LogP contribution in [0.25, 0.3) is 10.9 Å². The van der Waals surface area contributed by atoms with Crippen molar-refractivity contribution in [2.45, 2.75) is 38.0 Å². The Balaban J connectivity index is 2.06. The lowest BCUT2D eigenvalue weighted by Crippen LogP contribution is -2.08. The molecule has 0 unspecified atom stereocenters. The van der Waals surface area contributed by atoms with Crippen molar-refractivity contribution in [2.24, 2.45) is 0 Å². The van der Waals surface area contributed by atoms with Crippen molar-refractivity contribution in [2.75, 3.05) is 0 Å². The molecule has 1 heterocycles. The van der Waals surface area contributed by atoms with Gasteiger partial charge >= 0.3 is 0 Å². The summed E-state index contributed by atoms with van der Waals surface area (Å²) >= 11 is 3.37. The van der Waals surface area contributed by atoms with Crippen LogP contribution in [0.2, 0.25) is 0 Å². The van der Waals surface area contributed by atoms with E-state index in [0.29, 0.717) is 11.3 Å². The zero-order chi connectivity index (χ0) is 12.5. The minimum Gasteiger partial charge on any atom is -0.267 e. The SMILES string of the molecule is [O]c1nc(C2CCCCC2)nc2ccc(Br)cc12. The van der Waals surface area contributed by atoms with Crippen molar-refractivity contribution in [3.05, 3.63) is 28.5 Å². The Morgan fingerprint density at radius 3 is 2.67 bits per heavy atom. The van der Waals surface area contributed by atoms with Crippen LogP contribution < -0.4 is 0 Å². The summed E-state index contributed by atoms with van der Waals surface area (Å²) in [6.45, 7) is 0. The molecule has 0 N–H and O–H groups in total. The molecular weight excluding hydrogens is 292 g/mol. The Hall–Kier alpha value is -1.16. The van der Waals surface area contributed by atoms with E-state index in [-0.39, 0.29) is 5.88 Å². The van der Waals surface area contributed by atoms with Crippen LogP contribution in [0.1, 0.15) is 43.8 Å². The van der Waals surface area contributed by atoms with Crippen molar-refractivity contribution in [1.29, 1.82) is 0 Å². The first-order valence-corrected chi connectivity index (χ1v) is 7.17. The zero-order valence-corrected chi connectivity index (χ0v) is 11.6. The summed E-state index contributed by atoms with van der Waals surface area (Å²) in [4.78, 5) is 8.75. The largest absolute Gasteiger partial charge is 0.280 e. The number of hydrogen-bond donors (Lipinski definition) is 0. The third kappa shape index (κ3) is 2.21. The number of rotatable bonds is 1. The van der Waals surface area contributed by atoms with E-state index < -0.39 is 0 Å². The Bertz CT molecular complexity index is 579. The molecule has 1 radical (unpaired) electrons. The number of aromatic nitrogens is 2. The molecule has 4 heteroatoms. The maximum Gasteiger partial charge on any atom is 0.280 e. The van der Waals surface area contributed by atoms with Crippen molar-refractivity contribution in [3.8, 4) is 5.88 Å². The fraction of sp³-hybridized carbons (Fsp3) is 0.429. The predicted molar refractivity (Wildman–Crippen MR) is 73.2 cm³/mol. The van der Waals surface area contributed by atoms with E-state index >= 15 is 0 Å². The lowest BCUT2D eigenvalue weighted by atomic mass is 9.88. The van der Waals surface area contributed by atoms with Crippen LogP contribution in [0.3, 0.4) is 0 Å². The molecule has 18 heavy (non-hydrogen) atoms. The highest BCUT2D eigenvalue weighted by molar-refractivity contribution is 9.10. The molecular formula is C14H14BrN2O. The van der Waals surface area contributed by atoms with Crippen molar-refractivity contribution < 1.29 is 5.11 Å². The molecule has 1 aliphatic rings. The highest BCUT2D eigenvalue weighted by Gasteiger charge is 2.20. The molecule has 0 atom stereocenters. The van der Waals surface area contributed by atoms with Gasteiger partial charge in [-0.05, 0) is 31.0 Å². The van der Waals surface area contributed by atoms with Crippen LogP contribution >= 0.6 is 15.9 Å². The summed E-state index contributed by atoms with van der Waals surface area (Å²) in [6.07, 6.45) is 5.96. The van der Waals surface area contributed by atoms with Crippen LogP contribution in [0, 0.1) is 0 Å². The fourth-order valence-corrected chi connectivity index (χ4v) is 2.99. The van der Waals surface area contributed by atoms with Gasteiger partial charge in [0.05, 0.1) is 10.9 Å². The second-order valence-corrected chi connectivity index (χ2v) is 5.80. The normalized spacial score (nSPS) is 17.2. The molecule has 0 saturated heterocycles. The van der Waals surface area contributed by atoms with Crippen molar-refractivity contribution >= 4 is 26.8 Å². The van der Waals surface area contributed by atoms with Crippen LogP contribution in [-0.4, -0.2) is 9.97 Å². The van der Waals surface area contributed by atoms with Gasteiger partial charge in [-0.1, -0.05) is 35.2 Å². The van der Waals surface area contributed by atoms with Crippen LogP contribution in [0.5, 0.6) is 5.88 Å². The first kappa shape index (κ1) is 11.9. The van der Waals surface area contributed by atoms with E-state index in [1.54, 1.807) is 6.07 Å². The van der Waals surface area contributed by atoms with E-state index in [9.17, 15) is 5.11 Å². The Morgan fingerprint density at radius 2 is 1.89 bits per heavy atom. The third-order valence-corrected chi connectivity index (χ3v) is 4.10. The standard InChI is InChI=1S/C14H14BrN2O/c15-10-6-7-12-11(8-10)14(18)17-13(16-12)9-4-2-1-3-5-9/h6-9H,1-5H2. The van der Waals surface area contributed by atoms with Crippen LogP contribution in [0.4, 0.5) is 0 Å². The lowest BCUT2D eigenvalue weighted by molar-refractivity contribution is 0.336. The van der Waals surface area contributed by atoms with Gasteiger partial charge in [0.15, 0.2) is 0 Å². The fourth-order valence-electron chi connectivity index (χ4n) is 2.63. The van der Waals surface area contributed by atoms with E-state index in [1.807, 2.05) is 12.1 Å². The molecule has 0 spiro atoms. The highest BCUT2D eigenvalue weighted by atomic mass is 79.9. The molecule has 1 aromatic heterocycles. The zero-order valence-electron chi connectivity index (χ0n) is 10.0. The molecule has 2 aromatic rings. The summed E-state index contributed by atoms with van der Waals surface area (Å²) in [5, 5.41) is 12.6. The molecule has 0 aliphatic heterocycles. The molecule has 1 saturated carbocycles. The van der Waals surface area contributed by atoms with Crippen LogP contribution in [-0.2, 0) is 5.11 Å². The van der Waals surface area contributed by atoms with Gasteiger partial charge in [0, 0.05) is 10.4 Å². The molecule has 3 nitrogen and oxygen atoms in total. The summed E-state index contributed by atoms with van der Waals surface area (Å²) in [5.41, 5.74) is 0.763. The average Bonchev–Trinajstić information content (AvgIpc) is 2.40. The van der Waals surface area contributed by atoms with Gasteiger partial charge in [-0.3, -0.25) is 5.11 Å². The van der Waals surface area contributed by atoms with Crippen molar-refractivity contribution in [1.82, 2.24) is 9.97 Å². The maximum atomic E-state index is 12.0. The van der Waals surface area contributed by atoms with Crippen molar-refractivity contribution in [3.63, 3.8) is 0 Å². The summed E-state index contributed by atoms with van der Waals surface area (Å²) in [5.74, 6) is 0.968. The Morgan fingerprint density at radius 1 is 1.11 bits per heavy atom. The molecule has 1 fully saturated rings. The van der Waals surface area contributed by atoms with E-state index in [1.165, 1.54) is 19.3 Å². The lowest BCUT2D eigenvalue weighted by Gasteiger charge is -2.20.